The molecule has 0 radical (unpaired) electrons. The van der Waals surface area contributed by atoms with Crippen LogP contribution in [0.3, 0.4) is 0 Å². The number of carboxylic acids is 4. The van der Waals surface area contributed by atoms with Crippen molar-refractivity contribution in [2.45, 2.75) is 38.5 Å². The van der Waals surface area contributed by atoms with Gasteiger partial charge in [-0.3, -0.25) is 19.4 Å². The van der Waals surface area contributed by atoms with Gasteiger partial charge in [-0.05, 0) is 25.0 Å². The van der Waals surface area contributed by atoms with Crippen molar-refractivity contribution in [2.24, 2.45) is 5.73 Å². The third-order valence-corrected chi connectivity index (χ3v) is 2.55. The normalized spacial score (nSPS) is 8.96. The lowest BCUT2D eigenvalue weighted by atomic mass is 10.1. The molecule has 6 N–H and O–H groups in total. The van der Waals surface area contributed by atoms with Gasteiger partial charge in [-0.1, -0.05) is 6.42 Å². The average molecular weight is 372 g/mol. The molecule has 10 heteroatoms. The first-order valence-electron chi connectivity index (χ1n) is 7.69. The van der Waals surface area contributed by atoms with Crippen molar-refractivity contribution in [3.05, 3.63) is 30.1 Å². The maximum absolute atomic E-state index is 10.2. The van der Waals surface area contributed by atoms with Crippen LogP contribution in [-0.2, 0) is 14.4 Å². The Morgan fingerprint density at radius 1 is 0.846 bits per heavy atom. The van der Waals surface area contributed by atoms with E-state index in [1.807, 2.05) is 0 Å². The molecule has 0 saturated heterocycles. The Balaban J connectivity index is 0. The van der Waals surface area contributed by atoms with Gasteiger partial charge in [0.25, 0.3) is 0 Å². The first-order chi connectivity index (χ1) is 12.2. The molecule has 1 heterocycles. The van der Waals surface area contributed by atoms with E-state index in [2.05, 4.69) is 4.98 Å². The summed E-state index contributed by atoms with van der Waals surface area (Å²) in [6, 6.07) is 3.08. The molecule has 1 aromatic rings. The van der Waals surface area contributed by atoms with Crippen molar-refractivity contribution < 1.29 is 39.6 Å². The third kappa shape index (κ3) is 21.0. The van der Waals surface area contributed by atoms with E-state index >= 15 is 0 Å². The predicted octanol–water partition coefficient (Wildman–Crippen LogP) is 1.31. The SMILES string of the molecule is NCCC(=O)O.O=C(O)CCCCCC(=O)O.O=C(O)c1cccnc1. The molecule has 0 saturated carbocycles. The summed E-state index contributed by atoms with van der Waals surface area (Å²) < 4.78 is 0. The summed E-state index contributed by atoms with van der Waals surface area (Å²) in [7, 11) is 0. The molecule has 0 aliphatic rings. The number of nitrogens with two attached hydrogens (primary N) is 1. The number of pyridine rings is 1. The maximum Gasteiger partial charge on any atom is 0.337 e. The molecule has 0 amide bonds. The Hall–Kier alpha value is -3.01. The van der Waals surface area contributed by atoms with Crippen LogP contribution in [0.2, 0.25) is 0 Å². The number of aliphatic carboxylic acids is 3. The average Bonchev–Trinajstić information content (AvgIpc) is 2.56. The van der Waals surface area contributed by atoms with Crippen molar-refractivity contribution in [3.8, 4) is 0 Å². The Morgan fingerprint density at radius 2 is 1.35 bits per heavy atom. The molecule has 0 bridgehead atoms. The van der Waals surface area contributed by atoms with Gasteiger partial charge in [0.05, 0.1) is 12.0 Å². The summed E-state index contributed by atoms with van der Waals surface area (Å²) in [4.78, 5) is 43.3. The van der Waals surface area contributed by atoms with Crippen LogP contribution in [-0.4, -0.2) is 55.8 Å². The molecule has 0 atom stereocenters. The first-order valence-corrected chi connectivity index (χ1v) is 7.69. The van der Waals surface area contributed by atoms with Gasteiger partial charge in [-0.25, -0.2) is 4.79 Å². The lowest BCUT2D eigenvalue weighted by Crippen LogP contribution is -2.05. The fourth-order valence-corrected chi connectivity index (χ4v) is 1.34. The molecule has 10 nitrogen and oxygen atoms in total. The molecule has 0 aromatic carbocycles. The number of unbranched alkanes of at least 4 members (excludes halogenated alkanes) is 2. The monoisotopic (exact) mass is 372 g/mol. The van der Waals surface area contributed by atoms with Crippen LogP contribution in [0.4, 0.5) is 0 Å². The van der Waals surface area contributed by atoms with Crippen molar-refractivity contribution in [3.63, 3.8) is 0 Å². The number of hydrogen-bond donors (Lipinski definition) is 5. The smallest absolute Gasteiger partial charge is 0.337 e. The number of aromatic nitrogens is 1. The summed E-state index contributed by atoms with van der Waals surface area (Å²) in [6.07, 6.45) is 5.01. The van der Waals surface area contributed by atoms with E-state index in [9.17, 15) is 19.2 Å². The minimum atomic E-state index is -0.942. The van der Waals surface area contributed by atoms with Gasteiger partial charge in [-0.15, -0.1) is 0 Å². The highest BCUT2D eigenvalue weighted by molar-refractivity contribution is 5.86. The number of rotatable bonds is 9. The molecule has 0 aliphatic heterocycles. The second-order valence-corrected chi connectivity index (χ2v) is 4.83. The van der Waals surface area contributed by atoms with Crippen LogP contribution in [0.5, 0.6) is 0 Å². The third-order valence-electron chi connectivity index (χ3n) is 2.55. The van der Waals surface area contributed by atoms with Crippen molar-refractivity contribution in [2.75, 3.05) is 6.54 Å². The number of carbonyl (C=O) groups is 4. The van der Waals surface area contributed by atoms with E-state index in [1.54, 1.807) is 6.07 Å². The zero-order chi connectivity index (χ0) is 20.4. The number of carboxylic acid groups (broad SMARTS) is 4. The summed E-state index contributed by atoms with van der Waals surface area (Å²) in [5, 5.41) is 32.6. The van der Waals surface area contributed by atoms with E-state index in [0.717, 1.165) is 0 Å². The Morgan fingerprint density at radius 3 is 1.58 bits per heavy atom. The van der Waals surface area contributed by atoms with E-state index in [1.165, 1.54) is 18.5 Å². The van der Waals surface area contributed by atoms with Gasteiger partial charge in [0, 0.05) is 31.8 Å². The first kappa shape index (κ1) is 25.2. The van der Waals surface area contributed by atoms with E-state index in [-0.39, 0.29) is 31.4 Å². The van der Waals surface area contributed by atoms with Crippen LogP contribution in [0.1, 0.15) is 48.9 Å². The van der Waals surface area contributed by atoms with Crippen molar-refractivity contribution in [1.29, 1.82) is 0 Å². The molecule has 0 spiro atoms. The van der Waals surface area contributed by atoms with Gasteiger partial charge in [-0.2, -0.15) is 0 Å². The zero-order valence-corrected chi connectivity index (χ0v) is 14.2. The highest BCUT2D eigenvalue weighted by Crippen LogP contribution is 2.02. The molecule has 26 heavy (non-hydrogen) atoms. The predicted molar refractivity (Wildman–Crippen MR) is 90.9 cm³/mol. The molecule has 1 rings (SSSR count). The molecule has 0 unspecified atom stereocenters. The lowest BCUT2D eigenvalue weighted by Gasteiger charge is -1.94. The van der Waals surface area contributed by atoms with Crippen LogP contribution in [0.15, 0.2) is 24.5 Å². The number of aromatic carboxylic acids is 1. The lowest BCUT2D eigenvalue weighted by molar-refractivity contribution is -0.138. The fourth-order valence-electron chi connectivity index (χ4n) is 1.34. The number of nitrogens with zero attached hydrogens (tertiary/aromatic N) is 1. The molecule has 146 valence electrons. The van der Waals surface area contributed by atoms with E-state index in [0.29, 0.717) is 19.3 Å². The van der Waals surface area contributed by atoms with Gasteiger partial charge < -0.3 is 26.2 Å². The van der Waals surface area contributed by atoms with E-state index < -0.39 is 23.9 Å². The molecule has 0 fully saturated rings. The maximum atomic E-state index is 10.2. The quantitative estimate of drug-likeness (QED) is 0.395. The standard InChI is InChI=1S/C7H12O4.C6H5NO2.C3H7NO2/c8-6(9)4-2-1-3-5-7(10)11;8-6(9)5-2-1-3-7-4-5;4-2-1-3(5)6/h1-5H2,(H,8,9)(H,10,11);1-4H,(H,8,9);1-2,4H2,(H,5,6). The molecule has 0 aliphatic carbocycles. The number of hydrogen-bond acceptors (Lipinski definition) is 6. The Bertz CT molecular complexity index is 532. The summed E-state index contributed by atoms with van der Waals surface area (Å²) in [6.45, 7) is 0.231. The molecule has 1 aromatic heterocycles. The summed E-state index contributed by atoms with van der Waals surface area (Å²) >= 11 is 0. The summed E-state index contributed by atoms with van der Waals surface area (Å²) in [5.41, 5.74) is 5.07. The minimum absolute atomic E-state index is 0.0694. The van der Waals surface area contributed by atoms with Crippen LogP contribution in [0, 0.1) is 0 Å². The fraction of sp³-hybridized carbons (Fsp3) is 0.438. The van der Waals surface area contributed by atoms with Gasteiger partial charge in [0.15, 0.2) is 0 Å². The van der Waals surface area contributed by atoms with Crippen LogP contribution >= 0.6 is 0 Å². The second kappa shape index (κ2) is 16.8. The van der Waals surface area contributed by atoms with Gasteiger partial charge in [0.2, 0.25) is 0 Å². The Labute approximate surface area is 150 Å². The minimum Gasteiger partial charge on any atom is -0.481 e. The second-order valence-electron chi connectivity index (χ2n) is 4.83. The van der Waals surface area contributed by atoms with E-state index in [4.69, 9.17) is 26.2 Å². The van der Waals surface area contributed by atoms with Gasteiger partial charge in [0.1, 0.15) is 0 Å². The molecular weight excluding hydrogens is 348 g/mol. The van der Waals surface area contributed by atoms with Gasteiger partial charge >= 0.3 is 23.9 Å². The largest absolute Gasteiger partial charge is 0.481 e. The highest BCUT2D eigenvalue weighted by atomic mass is 16.4. The zero-order valence-electron chi connectivity index (χ0n) is 14.2. The topological polar surface area (TPSA) is 188 Å². The highest BCUT2D eigenvalue weighted by Gasteiger charge is 1.99. The summed E-state index contributed by atoms with van der Waals surface area (Å²) in [5.74, 6) is -3.42. The van der Waals surface area contributed by atoms with Crippen LogP contribution in [0.25, 0.3) is 0 Å². The van der Waals surface area contributed by atoms with Crippen molar-refractivity contribution >= 4 is 23.9 Å². The van der Waals surface area contributed by atoms with Crippen molar-refractivity contribution in [1.82, 2.24) is 4.98 Å². The Kier molecular flexibility index (Phi) is 16.3. The molecular formula is C16H24N2O8. The van der Waals surface area contributed by atoms with Crippen LogP contribution < -0.4 is 5.73 Å².